The number of nitrogens with zero attached hydrogens (tertiary/aromatic N) is 4. The molecular formula is C10H13N5O2. The zero-order valence-corrected chi connectivity index (χ0v) is 9.67. The fourth-order valence-electron chi connectivity index (χ4n) is 1.53. The Morgan fingerprint density at radius 2 is 2.29 bits per heavy atom. The van der Waals surface area contributed by atoms with Gasteiger partial charge in [0.2, 0.25) is 5.49 Å². The van der Waals surface area contributed by atoms with E-state index >= 15 is 0 Å². The number of nitriles is 1. The number of pyridine rings is 1. The molecule has 0 unspecified atom stereocenters. The molecule has 0 amide bonds. The number of hydrogen-bond acceptors (Lipinski definition) is 5. The molecule has 0 spiro atoms. The molecule has 0 aliphatic carbocycles. The summed E-state index contributed by atoms with van der Waals surface area (Å²) in [4.78, 5) is 14.4. The molecular weight excluding hydrogens is 222 g/mol. The van der Waals surface area contributed by atoms with Gasteiger partial charge in [-0.2, -0.15) is 5.26 Å². The normalized spacial score (nSPS) is 11.2. The number of aromatic nitrogens is 1. The lowest BCUT2D eigenvalue weighted by Crippen LogP contribution is -2.27. The topological polar surface area (TPSA) is 110 Å². The van der Waals surface area contributed by atoms with E-state index in [1.807, 2.05) is 6.07 Å². The van der Waals surface area contributed by atoms with E-state index < -0.39 is 4.92 Å². The van der Waals surface area contributed by atoms with Crippen LogP contribution >= 0.6 is 0 Å². The molecule has 0 saturated heterocycles. The van der Waals surface area contributed by atoms with Gasteiger partial charge in [0.15, 0.2) is 0 Å². The van der Waals surface area contributed by atoms with Crippen molar-refractivity contribution in [2.45, 2.75) is 20.4 Å². The Morgan fingerprint density at radius 3 is 2.71 bits per heavy atom. The molecule has 90 valence electrons. The Kier molecular flexibility index (Phi) is 3.82. The Balaban J connectivity index is 3.79. The molecule has 0 aliphatic rings. The number of nitrogen functional groups attached to an aromatic ring is 1. The van der Waals surface area contributed by atoms with Crippen LogP contribution in [0.25, 0.3) is 0 Å². The third-order valence-electron chi connectivity index (χ3n) is 2.27. The van der Waals surface area contributed by atoms with Crippen LogP contribution in [0.1, 0.15) is 19.4 Å². The summed E-state index contributed by atoms with van der Waals surface area (Å²) in [5, 5.41) is 19.8. The first-order valence-corrected chi connectivity index (χ1v) is 5.15. The molecule has 0 radical (unpaired) electrons. The Hall–Kier alpha value is -2.36. The van der Waals surface area contributed by atoms with Crippen molar-refractivity contribution in [3.05, 3.63) is 27.2 Å². The third kappa shape index (κ3) is 2.25. The maximum atomic E-state index is 10.9. The molecule has 0 saturated carbocycles. The Labute approximate surface area is 98.0 Å². The Bertz CT molecular complexity index is 553. The number of rotatable bonds is 3. The van der Waals surface area contributed by atoms with Gasteiger partial charge in [-0.1, -0.05) is 0 Å². The van der Waals surface area contributed by atoms with Gasteiger partial charge in [0.25, 0.3) is 0 Å². The van der Waals surface area contributed by atoms with Crippen LogP contribution in [-0.2, 0) is 6.54 Å². The van der Waals surface area contributed by atoms with Gasteiger partial charge < -0.3 is 10.3 Å². The smallest absolute Gasteiger partial charge is 0.313 e. The summed E-state index contributed by atoms with van der Waals surface area (Å²) in [6.07, 6.45) is 0. The molecule has 0 aromatic carbocycles. The zero-order chi connectivity index (χ0) is 13.0. The van der Waals surface area contributed by atoms with Gasteiger partial charge in [0.1, 0.15) is 11.9 Å². The second-order valence-corrected chi connectivity index (χ2v) is 3.24. The van der Waals surface area contributed by atoms with Gasteiger partial charge >= 0.3 is 5.69 Å². The SMILES string of the molecule is CCN=c1c([N+](=O)[O-])cc(C#N)c(N)n1CC. The summed E-state index contributed by atoms with van der Waals surface area (Å²) >= 11 is 0. The zero-order valence-electron chi connectivity index (χ0n) is 9.67. The van der Waals surface area contributed by atoms with Gasteiger partial charge in [-0.15, -0.1) is 0 Å². The Morgan fingerprint density at radius 1 is 1.65 bits per heavy atom. The second-order valence-electron chi connectivity index (χ2n) is 3.24. The lowest BCUT2D eigenvalue weighted by atomic mass is 10.2. The fourth-order valence-corrected chi connectivity index (χ4v) is 1.53. The number of anilines is 1. The van der Waals surface area contributed by atoms with E-state index in [4.69, 9.17) is 11.0 Å². The minimum Gasteiger partial charge on any atom is -0.384 e. The van der Waals surface area contributed by atoms with Gasteiger partial charge in [-0.25, -0.2) is 0 Å². The summed E-state index contributed by atoms with van der Waals surface area (Å²) in [5.74, 6) is 0.202. The predicted octanol–water partition coefficient (Wildman–Crippen LogP) is 0.791. The number of nitrogens with two attached hydrogens (primary N) is 1. The van der Waals surface area contributed by atoms with Crippen molar-refractivity contribution in [1.82, 2.24) is 4.57 Å². The van der Waals surface area contributed by atoms with Gasteiger partial charge in [-0.05, 0) is 13.8 Å². The second kappa shape index (κ2) is 5.12. The maximum Gasteiger partial charge on any atom is 0.313 e. The van der Waals surface area contributed by atoms with Gasteiger partial charge in [-0.3, -0.25) is 15.1 Å². The molecule has 1 aromatic rings. The highest BCUT2D eigenvalue weighted by Gasteiger charge is 2.17. The molecule has 17 heavy (non-hydrogen) atoms. The van der Waals surface area contributed by atoms with Crippen LogP contribution < -0.4 is 11.2 Å². The molecule has 1 rings (SSSR count). The third-order valence-corrected chi connectivity index (χ3v) is 2.27. The minimum atomic E-state index is -0.555. The highest BCUT2D eigenvalue weighted by atomic mass is 16.6. The van der Waals surface area contributed by atoms with Crippen molar-refractivity contribution < 1.29 is 4.92 Å². The average molecular weight is 235 g/mol. The number of hydrogen-bond donors (Lipinski definition) is 1. The van der Waals surface area contributed by atoms with E-state index in [9.17, 15) is 10.1 Å². The summed E-state index contributed by atoms with van der Waals surface area (Å²) in [6.45, 7) is 4.39. The predicted molar refractivity (Wildman–Crippen MR) is 62.0 cm³/mol. The molecule has 0 atom stereocenters. The molecule has 7 nitrogen and oxygen atoms in total. The van der Waals surface area contributed by atoms with E-state index in [1.165, 1.54) is 4.57 Å². The van der Waals surface area contributed by atoms with E-state index in [-0.39, 0.29) is 22.6 Å². The fraction of sp³-hybridized carbons (Fsp3) is 0.400. The summed E-state index contributed by atoms with van der Waals surface area (Å²) < 4.78 is 1.47. The summed E-state index contributed by atoms with van der Waals surface area (Å²) in [5.41, 5.74) is 5.86. The van der Waals surface area contributed by atoms with Crippen molar-refractivity contribution in [2.24, 2.45) is 4.99 Å². The van der Waals surface area contributed by atoms with Crippen molar-refractivity contribution in [2.75, 3.05) is 12.3 Å². The van der Waals surface area contributed by atoms with E-state index in [0.29, 0.717) is 13.1 Å². The van der Waals surface area contributed by atoms with Gasteiger partial charge in [0.05, 0.1) is 10.5 Å². The van der Waals surface area contributed by atoms with Crippen LogP contribution in [0.3, 0.4) is 0 Å². The molecule has 0 fully saturated rings. The largest absolute Gasteiger partial charge is 0.384 e. The minimum absolute atomic E-state index is 0.0913. The van der Waals surface area contributed by atoms with Crippen LogP contribution in [0.15, 0.2) is 11.1 Å². The molecule has 1 aromatic heterocycles. The van der Waals surface area contributed by atoms with Crippen LogP contribution in [0.5, 0.6) is 0 Å². The van der Waals surface area contributed by atoms with Gasteiger partial charge in [0, 0.05) is 19.2 Å². The van der Waals surface area contributed by atoms with E-state index in [0.717, 1.165) is 6.07 Å². The molecule has 2 N–H and O–H groups in total. The summed E-state index contributed by atoms with van der Waals surface area (Å²) in [6, 6.07) is 3.01. The van der Waals surface area contributed by atoms with E-state index in [1.54, 1.807) is 13.8 Å². The van der Waals surface area contributed by atoms with Crippen molar-refractivity contribution >= 4 is 11.5 Å². The molecule has 0 aliphatic heterocycles. The molecule has 7 heteroatoms. The average Bonchev–Trinajstić information content (AvgIpc) is 2.29. The number of nitro groups is 1. The first-order chi connectivity index (χ1) is 8.06. The standard InChI is InChI=1S/C10H13N5O2/c1-3-13-10-8(15(16)17)5-7(6-11)9(12)14(10)4-2/h5H,3-4,12H2,1-2H3. The first-order valence-electron chi connectivity index (χ1n) is 5.15. The summed E-state index contributed by atoms with van der Waals surface area (Å²) in [7, 11) is 0. The van der Waals surface area contributed by atoms with Crippen LogP contribution in [0, 0.1) is 21.4 Å². The van der Waals surface area contributed by atoms with Crippen LogP contribution in [-0.4, -0.2) is 16.0 Å². The van der Waals surface area contributed by atoms with Crippen molar-refractivity contribution in [1.29, 1.82) is 5.26 Å². The lowest BCUT2D eigenvalue weighted by Gasteiger charge is -2.10. The van der Waals surface area contributed by atoms with Crippen molar-refractivity contribution in [3.63, 3.8) is 0 Å². The maximum absolute atomic E-state index is 10.9. The van der Waals surface area contributed by atoms with Crippen LogP contribution in [0.4, 0.5) is 11.5 Å². The quantitative estimate of drug-likeness (QED) is 0.616. The highest BCUT2D eigenvalue weighted by Crippen LogP contribution is 2.14. The van der Waals surface area contributed by atoms with Crippen molar-refractivity contribution in [3.8, 4) is 6.07 Å². The molecule has 0 bridgehead atoms. The monoisotopic (exact) mass is 235 g/mol. The highest BCUT2D eigenvalue weighted by molar-refractivity contribution is 5.53. The van der Waals surface area contributed by atoms with E-state index in [2.05, 4.69) is 4.99 Å². The molecule has 1 heterocycles. The lowest BCUT2D eigenvalue weighted by molar-refractivity contribution is -0.386. The van der Waals surface area contributed by atoms with Crippen LogP contribution in [0.2, 0.25) is 0 Å². The first kappa shape index (κ1) is 12.7.